The zero-order valence-corrected chi connectivity index (χ0v) is 19.4. The average Bonchev–Trinajstić information content (AvgIpc) is 3.53. The largest absolute Gasteiger partial charge is 0.484 e. The van der Waals surface area contributed by atoms with Crippen molar-refractivity contribution < 1.29 is 26.5 Å². The van der Waals surface area contributed by atoms with E-state index in [1.54, 1.807) is 6.07 Å². The van der Waals surface area contributed by atoms with E-state index < -0.39 is 28.4 Å². The molecule has 14 heteroatoms. The molecule has 3 aromatic rings. The number of halogens is 4. The SMILES string of the molecule is O=S1C=C(COc2ccc(-n3cnnn3)cc2F)N=C1C1CCN(c2ccc(C(F)(F)F)cn2)CC1. The van der Waals surface area contributed by atoms with Crippen molar-refractivity contribution in [2.75, 3.05) is 24.6 Å². The predicted octanol–water partition coefficient (Wildman–Crippen LogP) is 3.51. The van der Waals surface area contributed by atoms with Crippen molar-refractivity contribution in [2.45, 2.75) is 19.0 Å². The molecular formula is C22H19F4N7O2S. The Balaban J connectivity index is 1.17. The summed E-state index contributed by atoms with van der Waals surface area (Å²) in [6.07, 6.45) is -1.00. The Morgan fingerprint density at radius 2 is 1.94 bits per heavy atom. The molecule has 1 unspecified atom stereocenters. The summed E-state index contributed by atoms with van der Waals surface area (Å²) in [6, 6.07) is 6.67. The second-order valence-electron chi connectivity index (χ2n) is 8.18. The lowest BCUT2D eigenvalue weighted by Crippen LogP contribution is -2.37. The van der Waals surface area contributed by atoms with Crippen LogP contribution in [0.3, 0.4) is 0 Å². The lowest BCUT2D eigenvalue weighted by atomic mass is 9.98. The van der Waals surface area contributed by atoms with Crippen LogP contribution in [0.15, 0.2) is 59.0 Å². The maximum Gasteiger partial charge on any atom is 0.417 e. The number of nitrogens with zero attached hydrogens (tertiary/aromatic N) is 7. The molecule has 0 spiro atoms. The van der Waals surface area contributed by atoms with Crippen LogP contribution >= 0.6 is 0 Å². The molecule has 4 heterocycles. The average molecular weight is 522 g/mol. The molecule has 9 nitrogen and oxygen atoms in total. The monoisotopic (exact) mass is 521 g/mol. The highest BCUT2D eigenvalue weighted by molar-refractivity contribution is 8.03. The van der Waals surface area contributed by atoms with Crippen LogP contribution in [0.2, 0.25) is 0 Å². The summed E-state index contributed by atoms with van der Waals surface area (Å²) in [7, 11) is -1.41. The number of hydrogen-bond donors (Lipinski definition) is 0. The number of aliphatic imine (C=N–C) groups is 1. The molecule has 2 aliphatic heterocycles. The summed E-state index contributed by atoms with van der Waals surface area (Å²) in [4.78, 5) is 10.3. The topological polar surface area (TPSA) is 98.4 Å². The number of benzene rings is 1. The molecule has 1 atom stereocenters. The number of tetrazole rings is 1. The highest BCUT2D eigenvalue weighted by Gasteiger charge is 2.32. The Morgan fingerprint density at radius 1 is 1.14 bits per heavy atom. The van der Waals surface area contributed by atoms with Gasteiger partial charge in [0.2, 0.25) is 0 Å². The van der Waals surface area contributed by atoms with E-state index in [0.717, 1.165) is 12.3 Å². The first-order valence-corrected chi connectivity index (χ1v) is 12.1. The fraction of sp³-hybridized carbons (Fsp3) is 0.318. The third-order valence-corrected chi connectivity index (χ3v) is 7.17. The fourth-order valence-electron chi connectivity index (χ4n) is 4.00. The zero-order valence-electron chi connectivity index (χ0n) is 18.6. The van der Waals surface area contributed by atoms with E-state index in [-0.39, 0.29) is 18.3 Å². The number of aromatic nitrogens is 5. The molecule has 1 fully saturated rings. The quantitative estimate of drug-likeness (QED) is 0.458. The van der Waals surface area contributed by atoms with Gasteiger partial charge in [-0.2, -0.15) is 13.2 Å². The van der Waals surface area contributed by atoms with Crippen molar-refractivity contribution >= 4 is 21.7 Å². The van der Waals surface area contributed by atoms with Gasteiger partial charge in [0.15, 0.2) is 11.6 Å². The summed E-state index contributed by atoms with van der Waals surface area (Å²) < 4.78 is 72.2. The summed E-state index contributed by atoms with van der Waals surface area (Å²) in [5, 5.41) is 12.7. The first kappa shape index (κ1) is 24.0. The molecule has 0 bridgehead atoms. The van der Waals surface area contributed by atoms with Gasteiger partial charge in [-0.1, -0.05) is 0 Å². The third-order valence-electron chi connectivity index (χ3n) is 5.85. The Bertz CT molecular complexity index is 1320. The van der Waals surface area contributed by atoms with E-state index in [4.69, 9.17) is 4.74 Å². The predicted molar refractivity (Wildman–Crippen MR) is 122 cm³/mol. The number of rotatable bonds is 6. The molecule has 1 saturated heterocycles. The summed E-state index contributed by atoms with van der Waals surface area (Å²) in [6.45, 7) is 1.04. The van der Waals surface area contributed by atoms with Crippen LogP contribution in [0.1, 0.15) is 18.4 Å². The number of ether oxygens (including phenoxy) is 1. The highest BCUT2D eigenvalue weighted by atomic mass is 32.2. The molecule has 0 saturated carbocycles. The standard InChI is InChI=1S/C22H19F4N7O2S/c23-18-9-17(33-13-28-30-31-33)2-3-19(18)35-11-16-12-36(34)21(29-16)14-5-7-32(8-6-14)20-4-1-15(10-27-20)22(24,25)26/h1-4,9-10,12-14H,5-8,11H2. The maximum atomic E-state index is 14.4. The number of anilines is 1. The maximum absolute atomic E-state index is 14.4. The molecule has 0 N–H and O–H groups in total. The Kier molecular flexibility index (Phi) is 6.51. The van der Waals surface area contributed by atoms with Gasteiger partial charge in [-0.3, -0.25) is 0 Å². The molecule has 5 rings (SSSR count). The minimum absolute atomic E-state index is 0.0134. The van der Waals surface area contributed by atoms with Gasteiger partial charge in [-0.25, -0.2) is 23.3 Å². The minimum Gasteiger partial charge on any atom is -0.484 e. The van der Waals surface area contributed by atoms with Gasteiger partial charge in [0.05, 0.1) is 27.7 Å². The fourth-order valence-corrected chi connectivity index (χ4v) is 5.26. The lowest BCUT2D eigenvalue weighted by Gasteiger charge is -2.32. The summed E-state index contributed by atoms with van der Waals surface area (Å²) in [5.74, 6) is -0.162. The van der Waals surface area contributed by atoms with Crippen LogP contribution in [0.4, 0.5) is 23.4 Å². The van der Waals surface area contributed by atoms with Crippen molar-refractivity contribution in [1.82, 2.24) is 25.2 Å². The summed E-state index contributed by atoms with van der Waals surface area (Å²) in [5.41, 5.74) is 0.0873. The van der Waals surface area contributed by atoms with Gasteiger partial charge >= 0.3 is 6.18 Å². The molecule has 0 radical (unpaired) electrons. The van der Waals surface area contributed by atoms with Crippen LogP contribution < -0.4 is 9.64 Å². The minimum atomic E-state index is -4.43. The van der Waals surface area contributed by atoms with E-state index in [1.165, 1.54) is 34.6 Å². The zero-order chi connectivity index (χ0) is 25.3. The third kappa shape index (κ3) is 5.12. The van der Waals surface area contributed by atoms with Crippen LogP contribution in [-0.4, -0.2) is 54.1 Å². The van der Waals surface area contributed by atoms with Gasteiger partial charge < -0.3 is 9.64 Å². The first-order valence-electron chi connectivity index (χ1n) is 10.9. The van der Waals surface area contributed by atoms with Gasteiger partial charge in [0, 0.05) is 36.7 Å². The smallest absolute Gasteiger partial charge is 0.417 e. The van der Waals surface area contributed by atoms with E-state index in [2.05, 4.69) is 25.5 Å². The Morgan fingerprint density at radius 3 is 2.58 bits per heavy atom. The molecule has 36 heavy (non-hydrogen) atoms. The van der Waals surface area contributed by atoms with Crippen LogP contribution in [0.25, 0.3) is 5.69 Å². The van der Waals surface area contributed by atoms with Gasteiger partial charge in [0.1, 0.15) is 23.8 Å². The van der Waals surface area contributed by atoms with Gasteiger partial charge in [-0.05, 0) is 47.5 Å². The molecular weight excluding hydrogens is 502 g/mol. The van der Waals surface area contributed by atoms with E-state index in [9.17, 15) is 21.8 Å². The molecule has 0 aliphatic carbocycles. The van der Waals surface area contributed by atoms with Gasteiger partial charge in [0.25, 0.3) is 0 Å². The van der Waals surface area contributed by atoms with Crippen molar-refractivity contribution in [3.8, 4) is 11.4 Å². The lowest BCUT2D eigenvalue weighted by molar-refractivity contribution is -0.137. The van der Waals surface area contributed by atoms with E-state index >= 15 is 0 Å². The van der Waals surface area contributed by atoms with Gasteiger partial charge in [-0.15, -0.1) is 5.10 Å². The number of hydrogen-bond acceptors (Lipinski definition) is 8. The number of alkyl halides is 3. The highest BCUT2D eigenvalue weighted by Crippen LogP contribution is 2.31. The van der Waals surface area contributed by atoms with Crippen LogP contribution in [0.5, 0.6) is 5.75 Å². The number of piperidine rings is 1. The van der Waals surface area contributed by atoms with Crippen LogP contribution in [0, 0.1) is 11.7 Å². The van der Waals surface area contributed by atoms with Crippen molar-refractivity contribution in [1.29, 1.82) is 0 Å². The van der Waals surface area contributed by atoms with Crippen molar-refractivity contribution in [3.05, 3.63) is 65.3 Å². The second kappa shape index (κ2) is 9.76. The van der Waals surface area contributed by atoms with Crippen molar-refractivity contribution in [3.63, 3.8) is 0 Å². The molecule has 0 amide bonds. The van der Waals surface area contributed by atoms with Crippen molar-refractivity contribution in [2.24, 2.45) is 10.9 Å². The molecule has 1 aromatic carbocycles. The summed E-state index contributed by atoms with van der Waals surface area (Å²) >= 11 is 0. The Labute approximate surface area is 205 Å². The number of pyridine rings is 1. The second-order valence-corrected chi connectivity index (χ2v) is 9.43. The molecule has 2 aromatic heterocycles. The normalized spacial score (nSPS) is 18.8. The van der Waals surface area contributed by atoms with E-state index in [1.807, 2.05) is 4.90 Å². The molecule has 2 aliphatic rings. The molecule has 188 valence electrons. The van der Waals surface area contributed by atoms with E-state index in [0.29, 0.717) is 48.2 Å². The first-order chi connectivity index (χ1) is 17.3. The Hall–Kier alpha value is -3.68. The van der Waals surface area contributed by atoms with Crippen LogP contribution in [-0.2, 0) is 17.0 Å².